The molecule has 27 heavy (non-hydrogen) atoms. The number of para-hydroxylation sites is 1. The molecule has 2 aromatic heterocycles. The van der Waals surface area contributed by atoms with Crippen molar-refractivity contribution in [1.82, 2.24) is 19.3 Å². The van der Waals surface area contributed by atoms with Crippen LogP contribution in [0.2, 0.25) is 0 Å². The van der Waals surface area contributed by atoms with Crippen LogP contribution in [0.3, 0.4) is 0 Å². The number of aliphatic hydroxyl groups is 3. The van der Waals surface area contributed by atoms with E-state index in [9.17, 15) is 24.9 Å². The highest BCUT2D eigenvalue weighted by molar-refractivity contribution is 5.81. The van der Waals surface area contributed by atoms with Crippen molar-refractivity contribution in [3.63, 3.8) is 0 Å². The van der Waals surface area contributed by atoms with Crippen LogP contribution in [-0.4, -0.2) is 59.6 Å². The number of benzene rings is 1. The molecule has 0 spiro atoms. The fourth-order valence-electron chi connectivity index (χ4n) is 3.27. The second-order valence-corrected chi connectivity index (χ2v) is 6.37. The SMILES string of the molecule is O=c1ccn([C@@H]2O[C@H](CO)C(O)[C@@H]2O)c(=O)n1Cc1n[nH]c2ccccc12. The number of aromatic nitrogens is 4. The lowest BCUT2D eigenvalue weighted by Gasteiger charge is -2.18. The summed E-state index contributed by atoms with van der Waals surface area (Å²) in [6.07, 6.45) is -3.80. The van der Waals surface area contributed by atoms with Gasteiger partial charge in [0.1, 0.15) is 18.3 Å². The van der Waals surface area contributed by atoms with E-state index < -0.39 is 42.4 Å². The molecule has 0 amide bonds. The molecular weight excluding hydrogens is 356 g/mol. The monoisotopic (exact) mass is 374 g/mol. The third-order valence-corrected chi connectivity index (χ3v) is 4.74. The van der Waals surface area contributed by atoms with Crippen LogP contribution in [0.5, 0.6) is 0 Å². The van der Waals surface area contributed by atoms with Crippen molar-refractivity contribution in [2.45, 2.75) is 31.1 Å². The summed E-state index contributed by atoms with van der Waals surface area (Å²) in [4.78, 5) is 25.1. The Balaban J connectivity index is 1.74. The molecule has 1 aliphatic rings. The molecule has 1 aliphatic heterocycles. The fourth-order valence-corrected chi connectivity index (χ4v) is 3.27. The molecule has 3 heterocycles. The molecule has 0 saturated carbocycles. The van der Waals surface area contributed by atoms with Crippen LogP contribution in [0.1, 0.15) is 11.9 Å². The summed E-state index contributed by atoms with van der Waals surface area (Å²) < 4.78 is 7.38. The van der Waals surface area contributed by atoms with E-state index in [2.05, 4.69) is 10.2 Å². The van der Waals surface area contributed by atoms with Gasteiger partial charge >= 0.3 is 5.69 Å². The average Bonchev–Trinajstić information content (AvgIpc) is 3.21. The Morgan fingerprint density at radius 1 is 1.15 bits per heavy atom. The van der Waals surface area contributed by atoms with Crippen molar-refractivity contribution < 1.29 is 20.1 Å². The van der Waals surface area contributed by atoms with E-state index in [1.54, 1.807) is 0 Å². The maximum atomic E-state index is 12.8. The first kappa shape index (κ1) is 17.6. The number of H-pyrrole nitrogens is 1. The van der Waals surface area contributed by atoms with Gasteiger partial charge in [-0.25, -0.2) is 4.79 Å². The zero-order valence-electron chi connectivity index (χ0n) is 14.1. The van der Waals surface area contributed by atoms with E-state index >= 15 is 0 Å². The summed E-state index contributed by atoms with van der Waals surface area (Å²) >= 11 is 0. The summed E-state index contributed by atoms with van der Waals surface area (Å²) in [5, 5.41) is 37.0. The van der Waals surface area contributed by atoms with E-state index in [0.29, 0.717) is 5.69 Å². The van der Waals surface area contributed by atoms with Gasteiger partial charge in [0.2, 0.25) is 0 Å². The standard InChI is InChI=1S/C17H18N4O6/c22-8-12-14(24)15(25)16(27-12)20-6-5-13(23)21(17(20)26)7-11-9-3-1-2-4-10(9)18-19-11/h1-6,12,14-16,22,24-25H,7-8H2,(H,18,19)/t12-,14?,15+,16-/m1/s1. The molecule has 0 radical (unpaired) electrons. The number of hydrogen-bond acceptors (Lipinski definition) is 7. The number of aliphatic hydroxyl groups excluding tert-OH is 3. The normalized spacial score (nSPS) is 25.3. The van der Waals surface area contributed by atoms with Crippen molar-refractivity contribution in [2.24, 2.45) is 0 Å². The molecule has 4 rings (SSSR count). The first-order valence-electron chi connectivity index (χ1n) is 8.37. The molecule has 4 N–H and O–H groups in total. The minimum Gasteiger partial charge on any atom is -0.394 e. The molecule has 142 valence electrons. The van der Waals surface area contributed by atoms with E-state index in [-0.39, 0.29) is 6.54 Å². The smallest absolute Gasteiger partial charge is 0.333 e. The van der Waals surface area contributed by atoms with Crippen LogP contribution in [0, 0.1) is 0 Å². The Morgan fingerprint density at radius 2 is 1.93 bits per heavy atom. The van der Waals surface area contributed by atoms with E-state index in [1.807, 2.05) is 24.3 Å². The number of rotatable bonds is 4. The predicted molar refractivity (Wildman–Crippen MR) is 93.2 cm³/mol. The van der Waals surface area contributed by atoms with Gasteiger partial charge in [-0.15, -0.1) is 0 Å². The summed E-state index contributed by atoms with van der Waals surface area (Å²) in [7, 11) is 0. The lowest BCUT2D eigenvalue weighted by atomic mass is 10.1. The third kappa shape index (κ3) is 2.88. The number of aromatic amines is 1. The van der Waals surface area contributed by atoms with Crippen molar-refractivity contribution in [3.05, 3.63) is 63.1 Å². The molecule has 10 heteroatoms. The molecule has 1 aromatic carbocycles. The van der Waals surface area contributed by atoms with Gasteiger partial charge in [0.05, 0.1) is 24.4 Å². The van der Waals surface area contributed by atoms with Crippen molar-refractivity contribution in [1.29, 1.82) is 0 Å². The first-order valence-corrected chi connectivity index (χ1v) is 8.37. The van der Waals surface area contributed by atoms with Crippen LogP contribution < -0.4 is 11.2 Å². The fraction of sp³-hybridized carbons (Fsp3) is 0.353. The second-order valence-electron chi connectivity index (χ2n) is 6.37. The van der Waals surface area contributed by atoms with Crippen molar-refractivity contribution >= 4 is 10.9 Å². The third-order valence-electron chi connectivity index (χ3n) is 4.74. The summed E-state index contributed by atoms with van der Waals surface area (Å²) in [5.41, 5.74) is 0.0449. The van der Waals surface area contributed by atoms with E-state index in [4.69, 9.17) is 4.74 Å². The zero-order valence-corrected chi connectivity index (χ0v) is 14.1. The summed E-state index contributed by atoms with van der Waals surface area (Å²) in [6, 6.07) is 8.49. The van der Waals surface area contributed by atoms with Crippen LogP contribution in [0.4, 0.5) is 0 Å². The van der Waals surface area contributed by atoms with Gasteiger partial charge in [-0.2, -0.15) is 5.10 Å². The predicted octanol–water partition coefficient (Wildman–Crippen LogP) is -1.45. The average molecular weight is 374 g/mol. The van der Waals surface area contributed by atoms with Gasteiger partial charge in [-0.3, -0.25) is 19.0 Å². The molecule has 1 fully saturated rings. The zero-order chi connectivity index (χ0) is 19.1. The maximum Gasteiger partial charge on any atom is 0.333 e. The Morgan fingerprint density at radius 3 is 2.67 bits per heavy atom. The van der Waals surface area contributed by atoms with Crippen molar-refractivity contribution in [3.8, 4) is 0 Å². The molecule has 1 saturated heterocycles. The lowest BCUT2D eigenvalue weighted by Crippen LogP contribution is -2.43. The summed E-state index contributed by atoms with van der Waals surface area (Å²) in [5.74, 6) is 0. The maximum absolute atomic E-state index is 12.8. The Bertz CT molecular complexity index is 1090. The Hall–Kier alpha value is -2.79. The highest BCUT2D eigenvalue weighted by atomic mass is 16.6. The molecule has 1 unspecified atom stereocenters. The molecule has 0 aliphatic carbocycles. The largest absolute Gasteiger partial charge is 0.394 e. The summed E-state index contributed by atoms with van der Waals surface area (Å²) in [6.45, 7) is -0.584. The van der Waals surface area contributed by atoms with Gasteiger partial charge in [-0.1, -0.05) is 18.2 Å². The Kier molecular flexibility index (Phi) is 4.40. The molecule has 0 bridgehead atoms. The highest BCUT2D eigenvalue weighted by Gasteiger charge is 2.43. The minimum atomic E-state index is -1.42. The van der Waals surface area contributed by atoms with E-state index in [1.165, 1.54) is 12.3 Å². The first-order chi connectivity index (χ1) is 13.0. The topological polar surface area (TPSA) is 143 Å². The number of ether oxygens (including phenoxy) is 1. The molecule has 3 aromatic rings. The van der Waals surface area contributed by atoms with Crippen LogP contribution in [0.15, 0.2) is 46.1 Å². The van der Waals surface area contributed by atoms with Gasteiger partial charge in [0.25, 0.3) is 5.56 Å². The van der Waals surface area contributed by atoms with Gasteiger partial charge in [0.15, 0.2) is 6.23 Å². The van der Waals surface area contributed by atoms with Crippen molar-refractivity contribution in [2.75, 3.05) is 6.61 Å². The Labute approximate surface area is 151 Å². The van der Waals surface area contributed by atoms with Crippen LogP contribution in [0.25, 0.3) is 10.9 Å². The number of hydrogen-bond donors (Lipinski definition) is 4. The quantitative estimate of drug-likeness (QED) is 0.437. The minimum absolute atomic E-state index is 0.0721. The number of nitrogens with zero attached hydrogens (tertiary/aromatic N) is 3. The van der Waals surface area contributed by atoms with Crippen LogP contribution >= 0.6 is 0 Å². The van der Waals surface area contributed by atoms with Gasteiger partial charge in [-0.05, 0) is 6.07 Å². The molecule has 4 atom stereocenters. The van der Waals surface area contributed by atoms with Gasteiger partial charge in [0, 0.05) is 17.6 Å². The number of nitrogens with one attached hydrogen (secondary N) is 1. The highest BCUT2D eigenvalue weighted by Crippen LogP contribution is 2.27. The van der Waals surface area contributed by atoms with E-state index in [0.717, 1.165) is 20.0 Å². The lowest BCUT2D eigenvalue weighted by molar-refractivity contribution is -0.0555. The second kappa shape index (κ2) is 6.74. The molecule has 10 nitrogen and oxygen atoms in total. The van der Waals surface area contributed by atoms with Gasteiger partial charge < -0.3 is 20.1 Å². The number of fused-ring (bicyclic) bond motifs is 1. The molecular formula is C17H18N4O6. The van der Waals surface area contributed by atoms with Crippen LogP contribution in [-0.2, 0) is 11.3 Å².